The molecule has 1 fully saturated rings. The number of ether oxygens (including phenoxy) is 10. The third-order valence-corrected chi connectivity index (χ3v) is 14.9. The first-order valence-corrected chi connectivity index (χ1v) is 27.2. The summed E-state index contributed by atoms with van der Waals surface area (Å²) in [5.41, 5.74) is 4.86. The third-order valence-electron chi connectivity index (χ3n) is 13.2. The summed E-state index contributed by atoms with van der Waals surface area (Å²) in [6, 6.07) is 24.9. The summed E-state index contributed by atoms with van der Waals surface area (Å²) in [4.78, 5) is 39.0. The van der Waals surface area contributed by atoms with Crippen LogP contribution < -0.4 is 23.7 Å². The molecule has 6 heterocycles. The molecule has 17 nitrogen and oxygen atoms in total. The zero-order valence-corrected chi connectivity index (χ0v) is 45.8. The molecule has 0 amide bonds. The third kappa shape index (κ3) is 14.4. The molecule has 0 unspecified atom stereocenters. The Balaban J connectivity index is 1.01. The number of fused-ring (bicyclic) bond motifs is 7. The Hall–Kier alpha value is -6.55. The first-order chi connectivity index (χ1) is 38.2. The van der Waals surface area contributed by atoms with Crippen LogP contribution in [0.2, 0.25) is 5.02 Å². The molecule has 3 aliphatic rings. The molecule has 4 bridgehead atoms. The molecule has 3 aliphatic heterocycles. The Morgan fingerprint density at radius 2 is 1.58 bits per heavy atom. The van der Waals surface area contributed by atoms with Gasteiger partial charge in [0.05, 0.1) is 81.6 Å². The van der Waals surface area contributed by atoms with E-state index in [0.29, 0.717) is 114 Å². The predicted molar refractivity (Wildman–Crippen MR) is 295 cm³/mol. The Labute approximate surface area is 462 Å². The van der Waals surface area contributed by atoms with E-state index in [-0.39, 0.29) is 37.9 Å². The molecule has 2 atom stereocenters. The number of hydrogen-bond acceptors (Lipinski definition) is 18. The topological polar surface area (TPSA) is 167 Å². The summed E-state index contributed by atoms with van der Waals surface area (Å²) < 4.78 is 74.6. The molecule has 1 saturated heterocycles. The SMILES string of the molecule is CCOC(=O)[C@H]1Cc2cc(ccc2OCc2ccnc(-c3ccccc3OC)n2)OC[C@@H](CN2CCN(CCOCCOCCOCCOC)CC2)Oc2ccc(c(C)c2Cl)-c2c(-c3ccc(F)cc3)sc3ncnc(c23)O1. The maximum absolute atomic E-state index is 14.5. The lowest BCUT2D eigenvalue weighted by Gasteiger charge is -2.36. The van der Waals surface area contributed by atoms with Crippen LogP contribution in [0.5, 0.6) is 28.9 Å². The molecule has 412 valence electrons. The van der Waals surface area contributed by atoms with Crippen LogP contribution in [0.3, 0.4) is 0 Å². The number of rotatable bonds is 22. The zero-order valence-electron chi connectivity index (χ0n) is 44.3. The lowest BCUT2D eigenvalue weighted by Crippen LogP contribution is -2.50. The number of esters is 1. The van der Waals surface area contributed by atoms with Gasteiger partial charge in [-0.3, -0.25) is 9.80 Å². The maximum atomic E-state index is 14.5. The quantitative estimate of drug-likeness (QED) is 0.0465. The van der Waals surface area contributed by atoms with Gasteiger partial charge in [0.25, 0.3) is 0 Å². The van der Waals surface area contributed by atoms with Crippen molar-refractivity contribution in [3.05, 3.63) is 125 Å². The number of aromatic nitrogens is 4. The van der Waals surface area contributed by atoms with E-state index >= 15 is 0 Å². The van der Waals surface area contributed by atoms with Crippen molar-refractivity contribution in [2.75, 3.05) is 113 Å². The number of carbonyl (C=O) groups is 1. The largest absolute Gasteiger partial charge is 0.496 e. The van der Waals surface area contributed by atoms with Crippen molar-refractivity contribution in [3.63, 3.8) is 0 Å². The molecule has 78 heavy (non-hydrogen) atoms. The van der Waals surface area contributed by atoms with Crippen LogP contribution in [0.4, 0.5) is 4.39 Å². The molecule has 0 aliphatic carbocycles. The molecule has 10 rings (SSSR count). The van der Waals surface area contributed by atoms with Gasteiger partial charge < -0.3 is 47.4 Å². The maximum Gasteiger partial charge on any atom is 0.347 e. The van der Waals surface area contributed by atoms with Crippen LogP contribution in [-0.2, 0) is 41.5 Å². The van der Waals surface area contributed by atoms with E-state index in [0.717, 1.165) is 59.9 Å². The van der Waals surface area contributed by atoms with Crippen molar-refractivity contribution >= 4 is 39.1 Å². The number of piperazine rings is 1. The minimum atomic E-state index is -1.22. The first kappa shape index (κ1) is 56.2. The van der Waals surface area contributed by atoms with Gasteiger partial charge in [0, 0.05) is 75.0 Å². The number of halogens is 2. The normalized spacial score (nSPS) is 16.0. The lowest BCUT2D eigenvalue weighted by molar-refractivity contribution is -0.151. The van der Waals surface area contributed by atoms with E-state index in [2.05, 4.69) is 19.8 Å². The van der Waals surface area contributed by atoms with E-state index in [1.54, 1.807) is 45.5 Å². The average Bonchev–Trinajstić information content (AvgIpc) is 3.94. The van der Waals surface area contributed by atoms with Crippen LogP contribution in [0.1, 0.15) is 23.7 Å². The second-order valence-electron chi connectivity index (χ2n) is 18.4. The Bertz CT molecular complexity index is 3090. The highest BCUT2D eigenvalue weighted by molar-refractivity contribution is 7.22. The van der Waals surface area contributed by atoms with Crippen molar-refractivity contribution < 1.29 is 56.6 Å². The molecule has 0 saturated carbocycles. The number of carbonyl (C=O) groups excluding carboxylic acids is 1. The molecule has 0 N–H and O–H groups in total. The predicted octanol–water partition coefficient (Wildman–Crippen LogP) is 9.18. The van der Waals surface area contributed by atoms with Gasteiger partial charge in [0.1, 0.15) is 59.3 Å². The second-order valence-corrected chi connectivity index (χ2v) is 19.8. The standard InChI is InChI=1S/C58H64ClFN6O11S/c1-5-73-58(67)50-33-40-32-43(14-16-47(40)75-35-42-18-19-61-55(64-42)46-8-6-7-9-48(46)69-4)74-36-44(34-66-22-20-65(21-23-66)24-25-70-28-29-72-31-30-71-27-26-68-3)76-49-17-15-45(38(2)53(49)59)51-52-56(77-50)62-37-63-57(52)78-54(51)39-10-12-41(60)13-11-39/h6-19,32,37,44,50H,5,20-31,33-36H2,1-4H3/t44-,50-/m1/s1. The van der Waals surface area contributed by atoms with Crippen LogP contribution in [0, 0.1) is 12.7 Å². The van der Waals surface area contributed by atoms with E-state index in [4.69, 9.17) is 68.9 Å². The number of nitrogens with zero attached hydrogens (tertiary/aromatic N) is 6. The Morgan fingerprint density at radius 3 is 2.35 bits per heavy atom. The van der Waals surface area contributed by atoms with Gasteiger partial charge >= 0.3 is 5.97 Å². The van der Waals surface area contributed by atoms with Gasteiger partial charge in [0.15, 0.2) is 5.82 Å². The van der Waals surface area contributed by atoms with Gasteiger partial charge in [0.2, 0.25) is 12.0 Å². The van der Waals surface area contributed by atoms with Crippen LogP contribution in [0.25, 0.3) is 43.2 Å². The fourth-order valence-corrected chi connectivity index (χ4v) is 10.6. The van der Waals surface area contributed by atoms with Crippen molar-refractivity contribution in [2.24, 2.45) is 0 Å². The van der Waals surface area contributed by atoms with Crippen LogP contribution in [0.15, 0.2) is 97.5 Å². The van der Waals surface area contributed by atoms with E-state index in [9.17, 15) is 9.18 Å². The Kier molecular flexibility index (Phi) is 20.1. The second kappa shape index (κ2) is 27.9. The van der Waals surface area contributed by atoms with Gasteiger partial charge in [-0.15, -0.1) is 11.3 Å². The number of para-hydroxylation sites is 1. The Morgan fingerprint density at radius 1 is 0.821 bits per heavy atom. The van der Waals surface area contributed by atoms with Gasteiger partial charge in [-0.05, 0) is 85.1 Å². The smallest absolute Gasteiger partial charge is 0.347 e. The number of thiophene rings is 1. The molecular weight excluding hydrogens is 1040 g/mol. The minimum Gasteiger partial charge on any atom is -0.496 e. The zero-order chi connectivity index (χ0) is 54.2. The lowest BCUT2D eigenvalue weighted by atomic mass is 9.96. The average molecular weight is 1110 g/mol. The van der Waals surface area contributed by atoms with Crippen molar-refractivity contribution in [2.45, 2.75) is 39.1 Å². The van der Waals surface area contributed by atoms with E-state index < -0.39 is 18.2 Å². The van der Waals surface area contributed by atoms with Gasteiger partial charge in [-0.2, -0.15) is 0 Å². The highest BCUT2D eigenvalue weighted by atomic mass is 35.5. The van der Waals surface area contributed by atoms with Crippen LogP contribution >= 0.6 is 22.9 Å². The number of methoxy groups -OCH3 is 2. The summed E-state index contributed by atoms with van der Waals surface area (Å²) in [5, 5.41) is 0.952. The number of benzene rings is 4. The molecular formula is C58H64ClFN6O11S. The molecule has 0 radical (unpaired) electrons. The van der Waals surface area contributed by atoms with Crippen molar-refractivity contribution in [1.29, 1.82) is 0 Å². The fourth-order valence-electron chi connectivity index (χ4n) is 9.21. The van der Waals surface area contributed by atoms with Crippen molar-refractivity contribution in [1.82, 2.24) is 29.7 Å². The molecule has 0 spiro atoms. The van der Waals surface area contributed by atoms with Crippen molar-refractivity contribution in [3.8, 4) is 61.8 Å². The molecule has 7 aromatic rings. The summed E-state index contributed by atoms with van der Waals surface area (Å²) >= 11 is 8.76. The summed E-state index contributed by atoms with van der Waals surface area (Å²) in [6.07, 6.45) is 1.36. The van der Waals surface area contributed by atoms with E-state index in [1.165, 1.54) is 29.8 Å². The first-order valence-electron chi connectivity index (χ1n) is 26.0. The molecule has 20 heteroatoms. The summed E-state index contributed by atoms with van der Waals surface area (Å²) in [6.45, 7) is 12.4. The molecule has 3 aromatic heterocycles. The monoisotopic (exact) mass is 1110 g/mol. The summed E-state index contributed by atoms with van der Waals surface area (Å²) in [5.74, 6) is 1.73. The highest BCUT2D eigenvalue weighted by Crippen LogP contribution is 2.50. The highest BCUT2D eigenvalue weighted by Gasteiger charge is 2.31. The van der Waals surface area contributed by atoms with Crippen LogP contribution in [-0.4, -0.2) is 161 Å². The van der Waals surface area contributed by atoms with Gasteiger partial charge in [-0.25, -0.2) is 29.1 Å². The van der Waals surface area contributed by atoms with E-state index in [1.807, 2.05) is 61.5 Å². The number of hydrogen-bond donors (Lipinski definition) is 0. The minimum absolute atomic E-state index is 0.00923. The molecule has 4 aromatic carbocycles. The fraction of sp³-hybridized carbons (Fsp3) is 0.397. The van der Waals surface area contributed by atoms with Gasteiger partial charge in [-0.1, -0.05) is 41.9 Å². The summed E-state index contributed by atoms with van der Waals surface area (Å²) in [7, 11) is 3.25.